The van der Waals surface area contributed by atoms with Gasteiger partial charge in [-0.1, -0.05) is 19.0 Å². The molecule has 0 aliphatic carbocycles. The molecule has 1 aromatic carbocycles. The standard InChI is InChI=1S/C19H24N4O5S/c1-12(2)17-16(13(3)22-28-17)19(25)21-20-18(24)14-6-8-15(9-7-14)29(26,27)23-10-4-5-11-23/h6-9,12H,4-5,10-11H2,1-3H3,(H,20,24)(H,21,25). The largest absolute Gasteiger partial charge is 0.360 e. The number of carbonyl (C=O) groups excluding carboxylic acids is 2. The summed E-state index contributed by atoms with van der Waals surface area (Å²) in [5, 5.41) is 3.80. The van der Waals surface area contributed by atoms with Gasteiger partial charge in [-0.3, -0.25) is 20.4 Å². The van der Waals surface area contributed by atoms with Crippen LogP contribution in [0.5, 0.6) is 0 Å². The lowest BCUT2D eigenvalue weighted by atomic mass is 10.0. The van der Waals surface area contributed by atoms with Gasteiger partial charge in [0.05, 0.1) is 10.6 Å². The maximum absolute atomic E-state index is 12.5. The fraction of sp³-hybridized carbons (Fsp3) is 0.421. The molecule has 0 bridgehead atoms. The molecule has 1 aliphatic heterocycles. The van der Waals surface area contributed by atoms with Gasteiger partial charge in [0.25, 0.3) is 11.8 Å². The topological polar surface area (TPSA) is 122 Å². The number of hydrogen-bond donors (Lipinski definition) is 2. The quantitative estimate of drug-likeness (QED) is 0.713. The molecule has 0 spiro atoms. The Labute approximate surface area is 169 Å². The Morgan fingerprint density at radius 1 is 1.07 bits per heavy atom. The fourth-order valence-corrected chi connectivity index (χ4v) is 4.68. The van der Waals surface area contributed by atoms with Gasteiger partial charge in [-0.2, -0.15) is 4.31 Å². The summed E-state index contributed by atoms with van der Waals surface area (Å²) < 4.78 is 31.7. The predicted molar refractivity (Wildman–Crippen MR) is 105 cm³/mol. The van der Waals surface area contributed by atoms with Crippen LogP contribution in [0.15, 0.2) is 33.7 Å². The van der Waals surface area contributed by atoms with E-state index >= 15 is 0 Å². The Hall–Kier alpha value is -2.72. The Bertz CT molecular complexity index is 1010. The van der Waals surface area contributed by atoms with Crippen LogP contribution in [0, 0.1) is 6.92 Å². The van der Waals surface area contributed by atoms with Crippen LogP contribution in [0.4, 0.5) is 0 Å². The lowest BCUT2D eigenvalue weighted by molar-refractivity contribution is 0.0845. The SMILES string of the molecule is Cc1noc(C(C)C)c1C(=O)NNC(=O)c1ccc(S(=O)(=O)N2CCCC2)cc1. The monoisotopic (exact) mass is 420 g/mol. The first-order chi connectivity index (χ1) is 13.7. The van der Waals surface area contributed by atoms with Gasteiger partial charge < -0.3 is 4.52 Å². The molecule has 156 valence electrons. The number of sulfonamides is 1. The number of rotatable bonds is 5. The van der Waals surface area contributed by atoms with Gasteiger partial charge in [-0.15, -0.1) is 0 Å². The minimum atomic E-state index is -3.54. The Morgan fingerprint density at radius 3 is 2.24 bits per heavy atom. The van der Waals surface area contributed by atoms with E-state index in [1.807, 2.05) is 13.8 Å². The molecule has 1 aromatic heterocycles. The zero-order valence-electron chi connectivity index (χ0n) is 16.6. The van der Waals surface area contributed by atoms with Crippen LogP contribution in [0.1, 0.15) is 64.8 Å². The minimum absolute atomic E-state index is 0.0437. The van der Waals surface area contributed by atoms with Crippen LogP contribution in [-0.4, -0.2) is 42.8 Å². The summed E-state index contributed by atoms with van der Waals surface area (Å²) in [5.74, 6) is -0.707. The van der Waals surface area contributed by atoms with Gasteiger partial charge in [0.15, 0.2) is 5.76 Å². The van der Waals surface area contributed by atoms with Crippen molar-refractivity contribution in [3.63, 3.8) is 0 Å². The highest BCUT2D eigenvalue weighted by Crippen LogP contribution is 2.22. The van der Waals surface area contributed by atoms with Gasteiger partial charge in [0.1, 0.15) is 5.56 Å². The normalized spacial score (nSPS) is 14.9. The number of aromatic nitrogens is 1. The molecular weight excluding hydrogens is 396 g/mol. The maximum Gasteiger partial charge on any atom is 0.275 e. The van der Waals surface area contributed by atoms with Gasteiger partial charge in [-0.25, -0.2) is 8.42 Å². The second-order valence-electron chi connectivity index (χ2n) is 7.21. The summed E-state index contributed by atoms with van der Waals surface area (Å²) in [6.45, 7) is 6.40. The van der Waals surface area contributed by atoms with Crippen molar-refractivity contribution in [3.05, 3.63) is 46.8 Å². The predicted octanol–water partition coefficient (Wildman–Crippen LogP) is 1.97. The van der Waals surface area contributed by atoms with Crippen molar-refractivity contribution in [2.75, 3.05) is 13.1 Å². The first kappa shape index (κ1) is 21.0. The zero-order chi connectivity index (χ0) is 21.2. The van der Waals surface area contributed by atoms with Crippen LogP contribution in [0.2, 0.25) is 0 Å². The highest BCUT2D eigenvalue weighted by Gasteiger charge is 2.27. The number of benzene rings is 1. The van der Waals surface area contributed by atoms with E-state index in [1.165, 1.54) is 28.6 Å². The molecule has 0 saturated carbocycles. The minimum Gasteiger partial charge on any atom is -0.360 e. The van der Waals surface area contributed by atoms with Crippen molar-refractivity contribution >= 4 is 21.8 Å². The van der Waals surface area contributed by atoms with Crippen molar-refractivity contribution in [2.24, 2.45) is 0 Å². The summed E-state index contributed by atoms with van der Waals surface area (Å²) in [7, 11) is -3.54. The molecule has 2 heterocycles. The number of hydrazine groups is 1. The fourth-order valence-electron chi connectivity index (χ4n) is 3.16. The van der Waals surface area contributed by atoms with E-state index in [-0.39, 0.29) is 21.9 Å². The second-order valence-corrected chi connectivity index (χ2v) is 9.14. The number of hydrogen-bond acceptors (Lipinski definition) is 6. The molecule has 0 unspecified atom stereocenters. The summed E-state index contributed by atoms with van der Waals surface area (Å²) in [6, 6.07) is 5.61. The van der Waals surface area contributed by atoms with Crippen LogP contribution >= 0.6 is 0 Å². The van der Waals surface area contributed by atoms with Crippen molar-refractivity contribution < 1.29 is 22.5 Å². The molecule has 0 atom stereocenters. The van der Waals surface area contributed by atoms with Crippen molar-refractivity contribution in [3.8, 4) is 0 Å². The lowest BCUT2D eigenvalue weighted by Gasteiger charge is -2.15. The van der Waals surface area contributed by atoms with Crippen LogP contribution in [0.3, 0.4) is 0 Å². The first-order valence-electron chi connectivity index (χ1n) is 9.39. The molecule has 0 radical (unpaired) electrons. The maximum atomic E-state index is 12.5. The van der Waals surface area contributed by atoms with E-state index in [2.05, 4.69) is 16.0 Å². The summed E-state index contributed by atoms with van der Waals surface area (Å²) in [4.78, 5) is 24.9. The van der Waals surface area contributed by atoms with Crippen molar-refractivity contribution in [2.45, 2.75) is 44.4 Å². The van der Waals surface area contributed by atoms with E-state index in [0.29, 0.717) is 24.5 Å². The molecule has 2 aromatic rings. The Morgan fingerprint density at radius 2 is 1.66 bits per heavy atom. The van der Waals surface area contributed by atoms with E-state index in [0.717, 1.165) is 12.8 Å². The van der Waals surface area contributed by atoms with Crippen LogP contribution in [0.25, 0.3) is 0 Å². The zero-order valence-corrected chi connectivity index (χ0v) is 17.4. The number of carbonyl (C=O) groups is 2. The molecule has 1 saturated heterocycles. The molecule has 10 heteroatoms. The molecule has 2 N–H and O–H groups in total. The smallest absolute Gasteiger partial charge is 0.275 e. The average Bonchev–Trinajstić information content (AvgIpc) is 3.36. The van der Waals surface area contributed by atoms with E-state index in [9.17, 15) is 18.0 Å². The second kappa shape index (κ2) is 8.34. The van der Waals surface area contributed by atoms with Crippen LogP contribution in [-0.2, 0) is 10.0 Å². The van der Waals surface area contributed by atoms with Gasteiger partial charge in [0.2, 0.25) is 10.0 Å². The molecule has 2 amide bonds. The molecular formula is C19H24N4O5S. The van der Waals surface area contributed by atoms with E-state index in [4.69, 9.17) is 4.52 Å². The Kier molecular flexibility index (Phi) is 6.04. The molecule has 29 heavy (non-hydrogen) atoms. The molecule has 1 fully saturated rings. The highest BCUT2D eigenvalue weighted by molar-refractivity contribution is 7.89. The molecule has 1 aliphatic rings. The van der Waals surface area contributed by atoms with Crippen molar-refractivity contribution in [1.29, 1.82) is 0 Å². The van der Waals surface area contributed by atoms with Crippen molar-refractivity contribution in [1.82, 2.24) is 20.3 Å². The average molecular weight is 420 g/mol. The number of amides is 2. The summed E-state index contributed by atoms with van der Waals surface area (Å²) in [6.07, 6.45) is 1.70. The van der Waals surface area contributed by atoms with Gasteiger partial charge in [-0.05, 0) is 44.0 Å². The van der Waals surface area contributed by atoms with Gasteiger partial charge >= 0.3 is 0 Å². The molecule has 9 nitrogen and oxygen atoms in total. The molecule has 3 rings (SSSR count). The number of aryl methyl sites for hydroxylation is 1. The number of nitrogens with one attached hydrogen (secondary N) is 2. The third-order valence-corrected chi connectivity index (χ3v) is 6.66. The summed E-state index contributed by atoms with van der Waals surface area (Å²) >= 11 is 0. The van der Waals surface area contributed by atoms with Crippen LogP contribution < -0.4 is 10.9 Å². The number of nitrogens with zero attached hydrogens (tertiary/aromatic N) is 2. The summed E-state index contributed by atoms with van der Waals surface area (Å²) in [5.41, 5.74) is 5.60. The third-order valence-electron chi connectivity index (χ3n) is 4.75. The van der Waals surface area contributed by atoms with E-state index in [1.54, 1.807) is 6.92 Å². The first-order valence-corrected chi connectivity index (χ1v) is 10.8. The Balaban J connectivity index is 1.66. The highest BCUT2D eigenvalue weighted by atomic mass is 32.2. The van der Waals surface area contributed by atoms with E-state index < -0.39 is 21.8 Å². The third kappa shape index (κ3) is 4.33. The van der Waals surface area contributed by atoms with Gasteiger partial charge in [0, 0.05) is 24.6 Å². The lowest BCUT2D eigenvalue weighted by Crippen LogP contribution is -2.42.